The van der Waals surface area contributed by atoms with Gasteiger partial charge in [0.25, 0.3) is 0 Å². The van der Waals surface area contributed by atoms with Crippen molar-refractivity contribution in [2.75, 3.05) is 19.8 Å². The van der Waals surface area contributed by atoms with Crippen LogP contribution in [-0.2, 0) is 15.9 Å². The fourth-order valence-electron chi connectivity index (χ4n) is 2.75. The highest BCUT2D eigenvalue weighted by Gasteiger charge is 2.34. The molecule has 0 aromatic heterocycles. The average molecular weight is 320 g/mol. The van der Waals surface area contributed by atoms with Gasteiger partial charge in [0, 0.05) is 12.6 Å². The lowest BCUT2D eigenvalue weighted by molar-refractivity contribution is -0.0378. The van der Waals surface area contributed by atoms with Crippen LogP contribution in [0.4, 0.5) is 4.79 Å². The van der Waals surface area contributed by atoms with Crippen molar-refractivity contribution in [2.24, 2.45) is 5.73 Å². The van der Waals surface area contributed by atoms with Crippen molar-refractivity contribution in [1.82, 2.24) is 4.90 Å². The molecule has 128 valence electrons. The summed E-state index contributed by atoms with van der Waals surface area (Å²) >= 11 is 0. The van der Waals surface area contributed by atoms with E-state index in [2.05, 4.69) is 19.1 Å². The Morgan fingerprint density at radius 3 is 2.78 bits per heavy atom. The molecule has 2 atom stereocenters. The zero-order valence-electron chi connectivity index (χ0n) is 14.5. The maximum atomic E-state index is 12.4. The molecule has 5 nitrogen and oxygen atoms in total. The van der Waals surface area contributed by atoms with Crippen molar-refractivity contribution >= 4 is 6.09 Å². The standard InChI is InChI=1S/C18H28N2O3/c1-13-7-5-6-8-14(13)11-15(19)16-12-22-10-9-20(16)17(21)23-18(2,3)4/h5-8,15-16H,9-12,19H2,1-4H3. The molecule has 1 fully saturated rings. The third-order valence-corrected chi connectivity index (χ3v) is 4.00. The summed E-state index contributed by atoms with van der Waals surface area (Å²) in [5.41, 5.74) is 8.31. The molecule has 2 unspecified atom stereocenters. The van der Waals surface area contributed by atoms with Gasteiger partial charge >= 0.3 is 6.09 Å². The third-order valence-electron chi connectivity index (χ3n) is 4.00. The molecule has 1 heterocycles. The summed E-state index contributed by atoms with van der Waals surface area (Å²) in [6.45, 7) is 9.17. The number of nitrogens with two attached hydrogens (primary N) is 1. The lowest BCUT2D eigenvalue weighted by atomic mass is 9.96. The molecule has 5 heteroatoms. The SMILES string of the molecule is Cc1ccccc1CC(N)C1COCCN1C(=O)OC(C)(C)C. The summed E-state index contributed by atoms with van der Waals surface area (Å²) in [5.74, 6) is 0. The van der Waals surface area contributed by atoms with Gasteiger partial charge in [-0.25, -0.2) is 4.79 Å². The van der Waals surface area contributed by atoms with Crippen molar-refractivity contribution in [3.8, 4) is 0 Å². The highest BCUT2D eigenvalue weighted by atomic mass is 16.6. The van der Waals surface area contributed by atoms with Crippen LogP contribution in [0.25, 0.3) is 0 Å². The van der Waals surface area contributed by atoms with E-state index in [1.807, 2.05) is 32.9 Å². The van der Waals surface area contributed by atoms with Crippen LogP contribution in [0, 0.1) is 6.92 Å². The number of benzene rings is 1. The Morgan fingerprint density at radius 2 is 2.13 bits per heavy atom. The summed E-state index contributed by atoms with van der Waals surface area (Å²) in [7, 11) is 0. The van der Waals surface area contributed by atoms with Crippen LogP contribution in [0.1, 0.15) is 31.9 Å². The number of aryl methyl sites for hydroxylation is 1. The first-order chi connectivity index (χ1) is 10.8. The number of nitrogens with zero attached hydrogens (tertiary/aromatic N) is 1. The van der Waals surface area contributed by atoms with E-state index in [0.29, 0.717) is 26.2 Å². The van der Waals surface area contributed by atoms with Gasteiger partial charge in [0.1, 0.15) is 5.60 Å². The van der Waals surface area contributed by atoms with Gasteiger partial charge < -0.3 is 15.2 Å². The predicted molar refractivity (Wildman–Crippen MR) is 90.4 cm³/mol. The maximum absolute atomic E-state index is 12.4. The molecule has 0 bridgehead atoms. The molecule has 1 saturated heterocycles. The quantitative estimate of drug-likeness (QED) is 0.929. The van der Waals surface area contributed by atoms with Crippen molar-refractivity contribution in [2.45, 2.75) is 51.8 Å². The second-order valence-corrected chi connectivity index (χ2v) is 7.11. The van der Waals surface area contributed by atoms with E-state index in [4.69, 9.17) is 15.2 Å². The molecular weight excluding hydrogens is 292 g/mol. The van der Waals surface area contributed by atoms with E-state index in [0.717, 1.165) is 0 Å². The van der Waals surface area contributed by atoms with Gasteiger partial charge in [0.15, 0.2) is 0 Å². The van der Waals surface area contributed by atoms with Crippen molar-refractivity contribution in [1.29, 1.82) is 0 Å². The Bertz CT molecular complexity index is 539. The van der Waals surface area contributed by atoms with Crippen LogP contribution in [-0.4, -0.2) is 48.4 Å². The van der Waals surface area contributed by atoms with Gasteiger partial charge in [-0.1, -0.05) is 24.3 Å². The van der Waals surface area contributed by atoms with Crippen LogP contribution in [0.5, 0.6) is 0 Å². The second kappa shape index (κ2) is 7.32. The summed E-state index contributed by atoms with van der Waals surface area (Å²) in [6.07, 6.45) is 0.394. The third kappa shape index (κ3) is 4.94. The van der Waals surface area contributed by atoms with Crippen molar-refractivity contribution in [3.05, 3.63) is 35.4 Å². The number of carbonyl (C=O) groups is 1. The number of morpholine rings is 1. The Kier molecular flexibility index (Phi) is 5.65. The molecule has 1 aliphatic heterocycles. The molecule has 0 spiro atoms. The van der Waals surface area contributed by atoms with Gasteiger partial charge in [-0.15, -0.1) is 0 Å². The van der Waals surface area contributed by atoms with Gasteiger partial charge in [-0.2, -0.15) is 0 Å². The zero-order chi connectivity index (χ0) is 17.0. The van der Waals surface area contributed by atoms with Gasteiger partial charge in [0.05, 0.1) is 19.3 Å². The molecule has 1 aromatic carbocycles. The van der Waals surface area contributed by atoms with Crippen LogP contribution in [0.15, 0.2) is 24.3 Å². The van der Waals surface area contributed by atoms with Crippen molar-refractivity contribution in [3.63, 3.8) is 0 Å². The lowest BCUT2D eigenvalue weighted by Crippen LogP contribution is -2.58. The second-order valence-electron chi connectivity index (χ2n) is 7.11. The van der Waals surface area contributed by atoms with Gasteiger partial charge in [0.2, 0.25) is 0 Å². The minimum absolute atomic E-state index is 0.168. The molecule has 0 radical (unpaired) electrons. The molecule has 23 heavy (non-hydrogen) atoms. The summed E-state index contributed by atoms with van der Waals surface area (Å²) in [6, 6.07) is 7.82. The molecule has 0 aliphatic carbocycles. The number of hydrogen-bond donors (Lipinski definition) is 1. The molecule has 1 aromatic rings. The van der Waals surface area contributed by atoms with E-state index >= 15 is 0 Å². The lowest BCUT2D eigenvalue weighted by Gasteiger charge is -2.39. The number of carbonyl (C=O) groups excluding carboxylic acids is 1. The Morgan fingerprint density at radius 1 is 1.43 bits per heavy atom. The molecule has 1 aliphatic rings. The Hall–Kier alpha value is -1.59. The summed E-state index contributed by atoms with van der Waals surface area (Å²) in [4.78, 5) is 14.2. The Balaban J connectivity index is 2.08. The largest absolute Gasteiger partial charge is 0.444 e. The Labute approximate surface area is 138 Å². The number of amides is 1. The first kappa shape index (κ1) is 17.8. The molecule has 2 rings (SSSR count). The smallest absolute Gasteiger partial charge is 0.410 e. The topological polar surface area (TPSA) is 64.8 Å². The zero-order valence-corrected chi connectivity index (χ0v) is 14.5. The molecule has 2 N–H and O–H groups in total. The molecular formula is C18H28N2O3. The average Bonchev–Trinajstić information content (AvgIpc) is 2.48. The fourth-order valence-corrected chi connectivity index (χ4v) is 2.75. The number of ether oxygens (including phenoxy) is 2. The maximum Gasteiger partial charge on any atom is 0.410 e. The summed E-state index contributed by atoms with van der Waals surface area (Å²) < 4.78 is 11.1. The van der Waals surface area contributed by atoms with Gasteiger partial charge in [-0.05, 0) is 45.2 Å². The predicted octanol–water partition coefficient (Wildman–Crippen LogP) is 2.50. The van der Waals surface area contributed by atoms with E-state index < -0.39 is 5.60 Å². The number of hydrogen-bond acceptors (Lipinski definition) is 4. The van der Waals surface area contributed by atoms with E-state index in [9.17, 15) is 4.79 Å². The van der Waals surface area contributed by atoms with Crippen LogP contribution >= 0.6 is 0 Å². The first-order valence-corrected chi connectivity index (χ1v) is 8.15. The van der Waals surface area contributed by atoms with Crippen LogP contribution in [0.3, 0.4) is 0 Å². The molecule has 0 saturated carbocycles. The van der Waals surface area contributed by atoms with Crippen LogP contribution < -0.4 is 5.73 Å². The minimum Gasteiger partial charge on any atom is -0.444 e. The van der Waals surface area contributed by atoms with E-state index in [1.165, 1.54) is 11.1 Å². The monoisotopic (exact) mass is 320 g/mol. The highest BCUT2D eigenvalue weighted by molar-refractivity contribution is 5.68. The first-order valence-electron chi connectivity index (χ1n) is 8.15. The van der Waals surface area contributed by atoms with E-state index in [-0.39, 0.29) is 18.2 Å². The highest BCUT2D eigenvalue weighted by Crippen LogP contribution is 2.19. The normalized spacial score (nSPS) is 20.2. The van der Waals surface area contributed by atoms with E-state index in [1.54, 1.807) is 4.90 Å². The van der Waals surface area contributed by atoms with Gasteiger partial charge in [-0.3, -0.25) is 4.90 Å². The number of rotatable bonds is 3. The minimum atomic E-state index is -0.514. The van der Waals surface area contributed by atoms with Crippen LogP contribution in [0.2, 0.25) is 0 Å². The fraction of sp³-hybridized carbons (Fsp3) is 0.611. The van der Waals surface area contributed by atoms with Crippen molar-refractivity contribution < 1.29 is 14.3 Å². The molecule has 1 amide bonds. The summed E-state index contributed by atoms with van der Waals surface area (Å²) in [5, 5.41) is 0.